The van der Waals surface area contributed by atoms with Crippen LogP contribution in [-0.4, -0.2) is 11.1 Å². The molecule has 2 rings (SSSR count). The Morgan fingerprint density at radius 2 is 1.95 bits per heavy atom. The van der Waals surface area contributed by atoms with Crippen LogP contribution in [0, 0.1) is 6.92 Å². The first kappa shape index (κ1) is 13.8. The van der Waals surface area contributed by atoms with E-state index in [0.29, 0.717) is 4.88 Å². The van der Waals surface area contributed by atoms with E-state index in [9.17, 15) is 4.79 Å². The van der Waals surface area contributed by atoms with E-state index >= 15 is 0 Å². The van der Waals surface area contributed by atoms with Crippen molar-refractivity contribution in [3.63, 3.8) is 0 Å². The third-order valence-corrected chi connectivity index (χ3v) is 4.60. The second-order valence-corrected chi connectivity index (χ2v) is 5.68. The lowest BCUT2D eigenvalue weighted by atomic mass is 9.98. The maximum absolute atomic E-state index is 11.1. The van der Waals surface area contributed by atoms with Crippen molar-refractivity contribution >= 4 is 17.3 Å². The highest BCUT2D eigenvalue weighted by Crippen LogP contribution is 2.35. The second kappa shape index (κ2) is 5.57. The molecule has 0 unspecified atom stereocenters. The van der Waals surface area contributed by atoms with Gasteiger partial charge in [-0.25, -0.2) is 4.79 Å². The number of aromatic carboxylic acids is 1. The highest BCUT2D eigenvalue weighted by Gasteiger charge is 2.15. The number of carboxylic acids is 1. The standard InChI is InChI=1S/C16H18O2S/c1-4-11-6-7-12(5-2)13(9-11)15-10(3)8-14(19-15)16(17)18/h6-9H,4-5H2,1-3H3,(H,17,18). The second-order valence-electron chi connectivity index (χ2n) is 4.63. The molecule has 0 atom stereocenters. The van der Waals surface area contributed by atoms with Crippen molar-refractivity contribution in [2.75, 3.05) is 0 Å². The van der Waals surface area contributed by atoms with Crippen LogP contribution in [0.15, 0.2) is 24.3 Å². The van der Waals surface area contributed by atoms with E-state index in [1.54, 1.807) is 6.07 Å². The summed E-state index contributed by atoms with van der Waals surface area (Å²) in [6, 6.07) is 8.28. The highest BCUT2D eigenvalue weighted by atomic mass is 32.1. The molecule has 0 bridgehead atoms. The molecule has 0 amide bonds. The summed E-state index contributed by atoms with van der Waals surface area (Å²) in [5.41, 5.74) is 4.80. The molecule has 1 aromatic heterocycles. The van der Waals surface area contributed by atoms with Gasteiger partial charge in [0, 0.05) is 4.88 Å². The summed E-state index contributed by atoms with van der Waals surface area (Å²) >= 11 is 1.37. The number of rotatable bonds is 4. The topological polar surface area (TPSA) is 37.3 Å². The van der Waals surface area contributed by atoms with E-state index in [4.69, 9.17) is 5.11 Å². The fourth-order valence-corrected chi connectivity index (χ4v) is 3.28. The van der Waals surface area contributed by atoms with Crippen molar-refractivity contribution < 1.29 is 9.90 Å². The Kier molecular flexibility index (Phi) is 4.05. The molecule has 0 aliphatic rings. The van der Waals surface area contributed by atoms with Gasteiger partial charge >= 0.3 is 5.97 Å². The van der Waals surface area contributed by atoms with Gasteiger partial charge < -0.3 is 5.11 Å². The first-order chi connectivity index (χ1) is 9.06. The van der Waals surface area contributed by atoms with E-state index in [2.05, 4.69) is 32.0 Å². The normalized spacial score (nSPS) is 10.7. The zero-order valence-electron chi connectivity index (χ0n) is 11.5. The molecule has 1 heterocycles. The molecule has 0 spiro atoms. The van der Waals surface area contributed by atoms with Crippen molar-refractivity contribution in [2.24, 2.45) is 0 Å². The summed E-state index contributed by atoms with van der Waals surface area (Å²) in [4.78, 5) is 12.6. The summed E-state index contributed by atoms with van der Waals surface area (Å²) < 4.78 is 0. The van der Waals surface area contributed by atoms with Gasteiger partial charge in [-0.15, -0.1) is 11.3 Å². The molecule has 1 aromatic carbocycles. The third-order valence-electron chi connectivity index (χ3n) is 3.34. The van der Waals surface area contributed by atoms with Gasteiger partial charge in [0.25, 0.3) is 0 Å². The Labute approximate surface area is 117 Å². The Bertz CT molecular complexity index is 611. The summed E-state index contributed by atoms with van der Waals surface area (Å²) in [7, 11) is 0. The number of aryl methyl sites for hydroxylation is 3. The maximum Gasteiger partial charge on any atom is 0.345 e. The van der Waals surface area contributed by atoms with Crippen molar-refractivity contribution in [1.29, 1.82) is 0 Å². The van der Waals surface area contributed by atoms with Crippen molar-refractivity contribution in [1.82, 2.24) is 0 Å². The molecule has 0 saturated carbocycles. The van der Waals surface area contributed by atoms with Crippen molar-refractivity contribution in [2.45, 2.75) is 33.6 Å². The van der Waals surface area contributed by atoms with Crippen molar-refractivity contribution in [3.05, 3.63) is 45.8 Å². The minimum atomic E-state index is -0.843. The van der Waals surface area contributed by atoms with Crippen LogP contribution in [0.1, 0.15) is 40.2 Å². The van der Waals surface area contributed by atoms with Crippen LogP contribution in [0.3, 0.4) is 0 Å². The van der Waals surface area contributed by atoms with Gasteiger partial charge in [-0.05, 0) is 48.1 Å². The van der Waals surface area contributed by atoms with E-state index in [0.717, 1.165) is 23.3 Å². The SMILES string of the molecule is CCc1ccc(CC)c(-c2sc(C(=O)O)cc2C)c1. The maximum atomic E-state index is 11.1. The quantitative estimate of drug-likeness (QED) is 0.888. The Hall–Kier alpha value is -1.61. The number of thiophene rings is 1. The molecule has 19 heavy (non-hydrogen) atoms. The zero-order chi connectivity index (χ0) is 14.0. The minimum absolute atomic E-state index is 0.413. The fourth-order valence-electron chi connectivity index (χ4n) is 2.22. The Morgan fingerprint density at radius 1 is 1.21 bits per heavy atom. The number of carbonyl (C=O) groups is 1. The minimum Gasteiger partial charge on any atom is -0.477 e. The van der Waals surface area contributed by atoms with Crippen molar-refractivity contribution in [3.8, 4) is 10.4 Å². The number of benzene rings is 1. The molecule has 0 fully saturated rings. The molecule has 2 aromatic rings. The largest absolute Gasteiger partial charge is 0.477 e. The van der Waals surface area contributed by atoms with E-state index in [1.165, 1.54) is 28.0 Å². The predicted molar refractivity (Wildman–Crippen MR) is 80.2 cm³/mol. The highest BCUT2D eigenvalue weighted by molar-refractivity contribution is 7.17. The molecule has 3 heteroatoms. The predicted octanol–water partition coefficient (Wildman–Crippen LogP) is 4.55. The van der Waals surface area contributed by atoms with Gasteiger partial charge in [-0.2, -0.15) is 0 Å². The summed E-state index contributed by atoms with van der Waals surface area (Å²) in [5.74, 6) is -0.843. The van der Waals surface area contributed by atoms with Gasteiger partial charge in [0.05, 0.1) is 0 Å². The summed E-state index contributed by atoms with van der Waals surface area (Å²) in [6.45, 7) is 6.25. The van der Waals surface area contributed by atoms with Gasteiger partial charge in [0.2, 0.25) is 0 Å². The number of hydrogen-bond donors (Lipinski definition) is 1. The van der Waals surface area contributed by atoms with Gasteiger partial charge in [0.1, 0.15) is 4.88 Å². The molecule has 0 saturated heterocycles. The van der Waals surface area contributed by atoms with E-state index < -0.39 is 5.97 Å². The van der Waals surface area contributed by atoms with E-state index in [-0.39, 0.29) is 0 Å². The average molecular weight is 274 g/mol. The number of hydrogen-bond acceptors (Lipinski definition) is 2. The average Bonchev–Trinajstić information content (AvgIpc) is 2.80. The van der Waals surface area contributed by atoms with Crippen LogP contribution >= 0.6 is 11.3 Å². The summed E-state index contributed by atoms with van der Waals surface area (Å²) in [5, 5.41) is 9.11. The van der Waals surface area contributed by atoms with Gasteiger partial charge in [-0.3, -0.25) is 0 Å². The van der Waals surface area contributed by atoms with Crippen LogP contribution in [-0.2, 0) is 12.8 Å². The van der Waals surface area contributed by atoms with E-state index in [1.807, 2.05) is 6.92 Å². The molecule has 0 radical (unpaired) electrons. The lowest BCUT2D eigenvalue weighted by Crippen LogP contribution is -1.90. The lowest BCUT2D eigenvalue weighted by molar-refractivity contribution is 0.0702. The zero-order valence-corrected chi connectivity index (χ0v) is 12.3. The van der Waals surface area contributed by atoms with Crippen LogP contribution < -0.4 is 0 Å². The molecule has 0 aliphatic carbocycles. The van der Waals surface area contributed by atoms with Gasteiger partial charge in [-0.1, -0.05) is 32.0 Å². The fraction of sp³-hybridized carbons (Fsp3) is 0.312. The smallest absolute Gasteiger partial charge is 0.345 e. The molecule has 2 nitrogen and oxygen atoms in total. The van der Waals surface area contributed by atoms with Crippen LogP contribution in [0.2, 0.25) is 0 Å². The van der Waals surface area contributed by atoms with Crippen LogP contribution in [0.5, 0.6) is 0 Å². The first-order valence-electron chi connectivity index (χ1n) is 6.52. The molecular weight excluding hydrogens is 256 g/mol. The van der Waals surface area contributed by atoms with Crippen LogP contribution in [0.4, 0.5) is 0 Å². The summed E-state index contributed by atoms with van der Waals surface area (Å²) in [6.07, 6.45) is 1.95. The monoisotopic (exact) mass is 274 g/mol. The first-order valence-corrected chi connectivity index (χ1v) is 7.34. The Morgan fingerprint density at radius 3 is 2.47 bits per heavy atom. The lowest BCUT2D eigenvalue weighted by Gasteiger charge is -2.09. The Balaban J connectivity index is 2.59. The van der Waals surface area contributed by atoms with Crippen LogP contribution in [0.25, 0.3) is 10.4 Å². The van der Waals surface area contributed by atoms with Gasteiger partial charge in [0.15, 0.2) is 0 Å². The number of carboxylic acid groups (broad SMARTS) is 1. The molecular formula is C16H18O2S. The molecule has 100 valence electrons. The molecule has 1 N–H and O–H groups in total. The third kappa shape index (κ3) is 2.71. The molecule has 0 aliphatic heterocycles.